The van der Waals surface area contributed by atoms with Gasteiger partial charge in [0.15, 0.2) is 0 Å². The van der Waals surface area contributed by atoms with Gasteiger partial charge in [0.25, 0.3) is 0 Å². The van der Waals surface area contributed by atoms with Crippen LogP contribution in [0.2, 0.25) is 0 Å². The van der Waals surface area contributed by atoms with E-state index >= 15 is 0 Å². The van der Waals surface area contributed by atoms with Crippen molar-refractivity contribution >= 4 is 12.0 Å². The second-order valence-corrected chi connectivity index (χ2v) is 3.79. The van der Waals surface area contributed by atoms with Crippen LogP contribution in [0.1, 0.15) is 11.1 Å². The molecule has 0 heterocycles. The molecule has 0 unspecified atom stereocenters. The Morgan fingerprint density at radius 3 is 2.63 bits per heavy atom. The van der Waals surface area contributed by atoms with E-state index in [0.717, 1.165) is 11.1 Å². The number of benzene rings is 1. The summed E-state index contributed by atoms with van der Waals surface area (Å²) in [5, 5.41) is 10.5. The van der Waals surface area contributed by atoms with Crippen LogP contribution in [0.25, 0.3) is 6.08 Å². The molecule has 1 aromatic carbocycles. The zero-order valence-electron chi connectivity index (χ0n) is 10.1. The molecule has 1 rings (SSSR count). The number of amides is 1. The normalized spacial score (nSPS) is 11.8. The van der Waals surface area contributed by atoms with E-state index in [1.807, 2.05) is 5.32 Å². The van der Waals surface area contributed by atoms with E-state index in [1.165, 1.54) is 6.08 Å². The summed E-state index contributed by atoms with van der Waals surface area (Å²) in [6.45, 7) is -0.207. The Kier molecular flexibility index (Phi) is 5.57. The first-order chi connectivity index (χ1) is 8.95. The Bertz CT molecular complexity index is 455. The number of halogens is 3. The SMILES string of the molecule is O=C(NCCc1ccccc1/C=C/CO)C(F)(F)F. The number of carbonyl (C=O) groups is 1. The lowest BCUT2D eigenvalue weighted by molar-refractivity contribution is -0.173. The van der Waals surface area contributed by atoms with Crippen LogP contribution in [0.4, 0.5) is 13.2 Å². The predicted octanol–water partition coefficient (Wildman–Crippen LogP) is 1.91. The Balaban J connectivity index is 2.58. The van der Waals surface area contributed by atoms with E-state index in [0.29, 0.717) is 0 Å². The zero-order chi connectivity index (χ0) is 14.3. The summed E-state index contributed by atoms with van der Waals surface area (Å²) in [7, 11) is 0. The van der Waals surface area contributed by atoms with Crippen LogP contribution in [0.5, 0.6) is 0 Å². The second-order valence-electron chi connectivity index (χ2n) is 3.79. The molecule has 2 N–H and O–H groups in total. The number of alkyl halides is 3. The summed E-state index contributed by atoms with van der Waals surface area (Å²) in [6, 6.07) is 7.09. The molecule has 0 aliphatic carbocycles. The quantitative estimate of drug-likeness (QED) is 0.861. The lowest BCUT2D eigenvalue weighted by atomic mass is 10.0. The number of hydrogen-bond acceptors (Lipinski definition) is 2. The summed E-state index contributed by atoms with van der Waals surface area (Å²) in [5.41, 5.74) is 1.60. The van der Waals surface area contributed by atoms with E-state index in [2.05, 4.69) is 0 Å². The molecule has 19 heavy (non-hydrogen) atoms. The van der Waals surface area contributed by atoms with Crippen molar-refractivity contribution in [2.24, 2.45) is 0 Å². The minimum absolute atomic E-state index is 0.0949. The smallest absolute Gasteiger partial charge is 0.392 e. The lowest BCUT2D eigenvalue weighted by Gasteiger charge is -2.09. The number of carbonyl (C=O) groups excluding carboxylic acids is 1. The minimum Gasteiger partial charge on any atom is -0.392 e. The predicted molar refractivity (Wildman–Crippen MR) is 65.3 cm³/mol. The van der Waals surface area contributed by atoms with Crippen molar-refractivity contribution in [2.75, 3.05) is 13.2 Å². The van der Waals surface area contributed by atoms with Gasteiger partial charge >= 0.3 is 12.1 Å². The van der Waals surface area contributed by atoms with Gasteiger partial charge in [0.05, 0.1) is 6.61 Å². The zero-order valence-corrected chi connectivity index (χ0v) is 10.1. The summed E-state index contributed by atoms with van der Waals surface area (Å²) >= 11 is 0. The highest BCUT2D eigenvalue weighted by atomic mass is 19.4. The van der Waals surface area contributed by atoms with Crippen LogP contribution in [0.15, 0.2) is 30.3 Å². The average Bonchev–Trinajstić information content (AvgIpc) is 2.36. The molecule has 0 fully saturated rings. The van der Waals surface area contributed by atoms with Gasteiger partial charge < -0.3 is 10.4 Å². The molecule has 0 aliphatic heterocycles. The van der Waals surface area contributed by atoms with Crippen LogP contribution in [0, 0.1) is 0 Å². The van der Waals surface area contributed by atoms with E-state index in [9.17, 15) is 18.0 Å². The summed E-state index contributed by atoms with van der Waals surface area (Å²) < 4.78 is 35.9. The van der Waals surface area contributed by atoms with Gasteiger partial charge in [-0.15, -0.1) is 0 Å². The van der Waals surface area contributed by atoms with Crippen molar-refractivity contribution in [3.8, 4) is 0 Å². The maximum Gasteiger partial charge on any atom is 0.471 e. The fourth-order valence-corrected chi connectivity index (χ4v) is 1.52. The Hall–Kier alpha value is -1.82. The standard InChI is InChI=1S/C13H14F3NO2/c14-13(15,16)12(19)17-8-7-11-5-2-1-4-10(11)6-3-9-18/h1-6,18H,7-9H2,(H,17,19)/b6-3+. The van der Waals surface area contributed by atoms with Gasteiger partial charge in [-0.3, -0.25) is 4.79 Å². The third kappa shape index (κ3) is 5.13. The van der Waals surface area contributed by atoms with Gasteiger partial charge in [0.2, 0.25) is 0 Å². The van der Waals surface area contributed by atoms with Crippen molar-refractivity contribution in [1.29, 1.82) is 0 Å². The highest BCUT2D eigenvalue weighted by Crippen LogP contribution is 2.14. The monoisotopic (exact) mass is 273 g/mol. The molecule has 3 nitrogen and oxygen atoms in total. The van der Waals surface area contributed by atoms with Gasteiger partial charge in [0, 0.05) is 6.54 Å². The van der Waals surface area contributed by atoms with Crippen molar-refractivity contribution in [1.82, 2.24) is 5.32 Å². The van der Waals surface area contributed by atoms with Gasteiger partial charge in [-0.25, -0.2) is 0 Å². The Morgan fingerprint density at radius 2 is 2.00 bits per heavy atom. The molecule has 104 valence electrons. The summed E-state index contributed by atoms with van der Waals surface area (Å²) in [4.78, 5) is 10.6. The Labute approximate surface area is 108 Å². The third-order valence-electron chi connectivity index (χ3n) is 2.40. The molecular formula is C13H14F3NO2. The maximum absolute atomic E-state index is 12.0. The second kappa shape index (κ2) is 6.94. The van der Waals surface area contributed by atoms with Crippen molar-refractivity contribution < 1.29 is 23.1 Å². The molecule has 0 saturated heterocycles. The van der Waals surface area contributed by atoms with Crippen molar-refractivity contribution in [3.05, 3.63) is 41.5 Å². The maximum atomic E-state index is 12.0. The molecule has 0 spiro atoms. The van der Waals surface area contributed by atoms with Gasteiger partial charge in [-0.05, 0) is 17.5 Å². The third-order valence-corrected chi connectivity index (χ3v) is 2.40. The number of hydrogen-bond donors (Lipinski definition) is 2. The Morgan fingerprint density at radius 1 is 1.32 bits per heavy atom. The van der Waals surface area contributed by atoms with E-state index < -0.39 is 12.1 Å². The molecular weight excluding hydrogens is 259 g/mol. The molecule has 0 aromatic heterocycles. The van der Waals surface area contributed by atoms with Crippen LogP contribution >= 0.6 is 0 Å². The number of nitrogens with one attached hydrogen (secondary N) is 1. The van der Waals surface area contributed by atoms with Crippen LogP contribution in [0.3, 0.4) is 0 Å². The fraction of sp³-hybridized carbons (Fsp3) is 0.308. The number of aliphatic hydroxyl groups excluding tert-OH is 1. The number of rotatable bonds is 5. The molecule has 0 radical (unpaired) electrons. The van der Waals surface area contributed by atoms with Crippen LogP contribution < -0.4 is 5.32 Å². The highest BCUT2D eigenvalue weighted by molar-refractivity contribution is 5.81. The van der Waals surface area contributed by atoms with Crippen LogP contribution in [-0.2, 0) is 11.2 Å². The first kappa shape index (κ1) is 15.2. The van der Waals surface area contributed by atoms with Crippen molar-refractivity contribution in [2.45, 2.75) is 12.6 Å². The number of aliphatic hydroxyl groups is 1. The van der Waals surface area contributed by atoms with Gasteiger partial charge in [0.1, 0.15) is 0 Å². The van der Waals surface area contributed by atoms with E-state index in [4.69, 9.17) is 5.11 Å². The molecule has 0 saturated carbocycles. The first-order valence-electron chi connectivity index (χ1n) is 5.65. The molecule has 1 aromatic rings. The highest BCUT2D eigenvalue weighted by Gasteiger charge is 2.38. The molecule has 6 heteroatoms. The largest absolute Gasteiger partial charge is 0.471 e. The van der Waals surface area contributed by atoms with E-state index in [1.54, 1.807) is 30.3 Å². The summed E-state index contributed by atoms with van der Waals surface area (Å²) in [5.74, 6) is -1.93. The molecule has 0 aliphatic rings. The first-order valence-corrected chi connectivity index (χ1v) is 5.65. The molecule has 0 bridgehead atoms. The molecule has 1 amide bonds. The fourth-order valence-electron chi connectivity index (χ4n) is 1.52. The molecule has 0 atom stereocenters. The summed E-state index contributed by atoms with van der Waals surface area (Å²) in [6.07, 6.45) is -1.35. The van der Waals surface area contributed by atoms with Crippen molar-refractivity contribution in [3.63, 3.8) is 0 Å². The topological polar surface area (TPSA) is 49.3 Å². The van der Waals surface area contributed by atoms with Gasteiger partial charge in [-0.2, -0.15) is 13.2 Å². The lowest BCUT2D eigenvalue weighted by Crippen LogP contribution is -2.37. The van der Waals surface area contributed by atoms with Gasteiger partial charge in [-0.1, -0.05) is 36.4 Å². The average molecular weight is 273 g/mol. The van der Waals surface area contributed by atoms with E-state index in [-0.39, 0.29) is 19.6 Å². The van der Waals surface area contributed by atoms with Crippen LogP contribution in [-0.4, -0.2) is 30.3 Å². The minimum atomic E-state index is -4.85.